The lowest BCUT2D eigenvalue weighted by molar-refractivity contribution is -0.146. The van der Waals surface area contributed by atoms with E-state index in [9.17, 15) is 9.59 Å². The molecule has 44 heavy (non-hydrogen) atoms. The lowest BCUT2D eigenvalue weighted by Gasteiger charge is -2.37. The van der Waals surface area contributed by atoms with Crippen LogP contribution in [0, 0.1) is 5.92 Å². The number of rotatable bonds is 10. The zero-order chi connectivity index (χ0) is 30.7. The van der Waals surface area contributed by atoms with Crippen molar-refractivity contribution in [2.45, 2.75) is 57.7 Å². The topological polar surface area (TPSA) is 103 Å². The number of piperidine rings is 1. The summed E-state index contributed by atoms with van der Waals surface area (Å²) in [4.78, 5) is 33.5. The van der Waals surface area contributed by atoms with Crippen LogP contribution in [0.15, 0.2) is 54.9 Å². The van der Waals surface area contributed by atoms with Crippen LogP contribution in [0.1, 0.15) is 45.1 Å². The molecular weight excluding hydrogens is 556 g/mol. The molecule has 10 heteroatoms. The van der Waals surface area contributed by atoms with Crippen molar-refractivity contribution in [3.8, 4) is 22.6 Å². The Morgan fingerprint density at radius 3 is 2.61 bits per heavy atom. The molecule has 1 unspecified atom stereocenters. The average Bonchev–Trinajstić information content (AvgIpc) is 3.75. The minimum atomic E-state index is -0.972. The molecule has 234 valence electrons. The van der Waals surface area contributed by atoms with Crippen LogP contribution in [-0.4, -0.2) is 89.8 Å². The summed E-state index contributed by atoms with van der Waals surface area (Å²) < 4.78 is 12.0. The zero-order valence-corrected chi connectivity index (χ0v) is 26.1. The summed E-state index contributed by atoms with van der Waals surface area (Å²) in [7, 11) is 1.68. The van der Waals surface area contributed by atoms with Crippen molar-refractivity contribution in [1.29, 1.82) is 0 Å². The van der Waals surface area contributed by atoms with Crippen LogP contribution in [0.5, 0.6) is 11.5 Å². The van der Waals surface area contributed by atoms with E-state index in [0.29, 0.717) is 38.0 Å². The zero-order valence-electron chi connectivity index (χ0n) is 26.1. The maximum atomic E-state index is 14.0. The first-order valence-corrected chi connectivity index (χ1v) is 15.8. The highest BCUT2D eigenvalue weighted by molar-refractivity contribution is 5.85. The Labute approximate surface area is 259 Å². The van der Waals surface area contributed by atoms with E-state index in [1.807, 2.05) is 55.3 Å². The van der Waals surface area contributed by atoms with Crippen LogP contribution in [-0.2, 0) is 16.1 Å². The number of anilines is 1. The number of hydrogen-bond acceptors (Lipinski definition) is 7. The number of aromatic nitrogens is 2. The SMILES string of the molecule is COc1cc(CN(C(=O)C2CCCN(c3cccc(OC(C)(C)C(=O)N4CCNCC4)c3)C2)C2CC2)ccc1-c1cn[nH]c1. The van der Waals surface area contributed by atoms with E-state index in [0.717, 1.165) is 73.4 Å². The molecule has 0 radical (unpaired) electrons. The fourth-order valence-electron chi connectivity index (χ4n) is 6.42. The van der Waals surface area contributed by atoms with E-state index in [1.54, 1.807) is 13.3 Å². The van der Waals surface area contributed by atoms with E-state index in [1.165, 1.54) is 0 Å². The molecule has 2 aromatic carbocycles. The fraction of sp³-hybridized carbons (Fsp3) is 0.500. The molecule has 6 rings (SSSR count). The number of nitrogens with zero attached hydrogens (tertiary/aromatic N) is 4. The summed E-state index contributed by atoms with van der Waals surface area (Å²) in [6, 6.07) is 14.4. The van der Waals surface area contributed by atoms with E-state index in [-0.39, 0.29) is 17.7 Å². The number of aromatic amines is 1. The van der Waals surface area contributed by atoms with Gasteiger partial charge < -0.3 is 29.5 Å². The first-order chi connectivity index (χ1) is 21.3. The Morgan fingerprint density at radius 1 is 1.07 bits per heavy atom. The number of amides is 2. The molecule has 2 amide bonds. The number of carbonyl (C=O) groups excluding carboxylic acids is 2. The van der Waals surface area contributed by atoms with Gasteiger partial charge in [0.15, 0.2) is 5.60 Å². The maximum absolute atomic E-state index is 14.0. The van der Waals surface area contributed by atoms with Crippen molar-refractivity contribution in [3.05, 3.63) is 60.4 Å². The molecule has 1 aromatic heterocycles. The Morgan fingerprint density at radius 2 is 1.89 bits per heavy atom. The van der Waals surface area contributed by atoms with Crippen molar-refractivity contribution < 1.29 is 19.1 Å². The van der Waals surface area contributed by atoms with Gasteiger partial charge in [0, 0.05) is 80.9 Å². The highest BCUT2D eigenvalue weighted by atomic mass is 16.5. The first-order valence-electron chi connectivity index (χ1n) is 15.8. The summed E-state index contributed by atoms with van der Waals surface area (Å²) in [5, 5.41) is 10.2. The Kier molecular flexibility index (Phi) is 8.79. The lowest BCUT2D eigenvalue weighted by Crippen LogP contribution is -2.54. The van der Waals surface area contributed by atoms with Gasteiger partial charge in [0.2, 0.25) is 5.91 Å². The monoisotopic (exact) mass is 600 g/mol. The molecule has 0 spiro atoms. The molecule has 10 nitrogen and oxygen atoms in total. The van der Waals surface area contributed by atoms with E-state index in [2.05, 4.69) is 37.4 Å². The highest BCUT2D eigenvalue weighted by Crippen LogP contribution is 2.35. The third kappa shape index (κ3) is 6.70. The van der Waals surface area contributed by atoms with E-state index >= 15 is 0 Å². The summed E-state index contributed by atoms with van der Waals surface area (Å²) in [5.41, 5.74) is 3.04. The van der Waals surface area contributed by atoms with Crippen LogP contribution < -0.4 is 19.7 Å². The number of carbonyl (C=O) groups is 2. The van der Waals surface area contributed by atoms with Crippen LogP contribution in [0.25, 0.3) is 11.1 Å². The van der Waals surface area contributed by atoms with E-state index < -0.39 is 5.60 Å². The predicted molar refractivity (Wildman–Crippen MR) is 170 cm³/mol. The second kappa shape index (κ2) is 12.9. The number of methoxy groups -OCH3 is 1. The number of nitrogens with one attached hydrogen (secondary N) is 2. The predicted octanol–water partition coefficient (Wildman–Crippen LogP) is 4.08. The number of hydrogen-bond donors (Lipinski definition) is 2. The number of ether oxygens (including phenoxy) is 2. The molecule has 3 heterocycles. The Bertz CT molecular complexity index is 1450. The molecule has 1 saturated carbocycles. The molecule has 1 atom stereocenters. The molecule has 2 N–H and O–H groups in total. The largest absolute Gasteiger partial charge is 0.496 e. The van der Waals surface area contributed by atoms with Gasteiger partial charge in [-0.2, -0.15) is 5.10 Å². The second-order valence-electron chi connectivity index (χ2n) is 12.7. The minimum Gasteiger partial charge on any atom is -0.496 e. The van der Waals surface area contributed by atoms with Gasteiger partial charge in [-0.1, -0.05) is 18.2 Å². The quantitative estimate of drug-likeness (QED) is 0.362. The van der Waals surface area contributed by atoms with Crippen LogP contribution in [0.3, 0.4) is 0 Å². The van der Waals surface area contributed by atoms with Gasteiger partial charge in [-0.3, -0.25) is 14.7 Å². The third-order valence-corrected chi connectivity index (χ3v) is 8.94. The molecule has 1 aliphatic carbocycles. The average molecular weight is 601 g/mol. The van der Waals surface area contributed by atoms with Gasteiger partial charge in [0.25, 0.3) is 5.91 Å². The van der Waals surface area contributed by atoms with Crippen molar-refractivity contribution in [2.24, 2.45) is 5.92 Å². The maximum Gasteiger partial charge on any atom is 0.266 e. The number of piperazine rings is 1. The molecular formula is C34H44N6O4. The van der Waals surface area contributed by atoms with Gasteiger partial charge in [-0.15, -0.1) is 0 Å². The first kappa shape index (κ1) is 30.0. The van der Waals surface area contributed by atoms with Crippen molar-refractivity contribution in [1.82, 2.24) is 25.3 Å². The molecule has 3 aliphatic rings. The number of benzene rings is 2. The standard InChI is InChI=1S/C34H44N6O4/c1-34(2,33(42)38-16-13-35-14-17-38)44-29-8-4-7-28(19-29)39-15-5-6-25(23-39)32(41)40(27-10-11-27)22-24-9-12-30(31(18-24)43-3)26-20-36-37-21-26/h4,7-9,12,18-21,25,27,35H,5-6,10-11,13-17,22-23H2,1-3H3,(H,36,37). The smallest absolute Gasteiger partial charge is 0.266 e. The van der Waals surface area contributed by atoms with Crippen molar-refractivity contribution in [3.63, 3.8) is 0 Å². The summed E-state index contributed by atoms with van der Waals surface area (Å²) in [5.74, 6) is 1.59. The summed E-state index contributed by atoms with van der Waals surface area (Å²) in [6.45, 7) is 8.78. The van der Waals surface area contributed by atoms with Crippen molar-refractivity contribution >= 4 is 17.5 Å². The van der Waals surface area contributed by atoms with Crippen molar-refractivity contribution in [2.75, 3.05) is 51.3 Å². The fourth-order valence-corrected chi connectivity index (χ4v) is 6.42. The molecule has 3 aromatic rings. The van der Waals surface area contributed by atoms with Crippen LogP contribution >= 0.6 is 0 Å². The second-order valence-corrected chi connectivity index (χ2v) is 12.7. The molecule has 3 fully saturated rings. The lowest BCUT2D eigenvalue weighted by atomic mass is 9.95. The number of H-pyrrole nitrogens is 1. The highest BCUT2D eigenvalue weighted by Gasteiger charge is 2.38. The van der Waals surface area contributed by atoms with Gasteiger partial charge in [0.1, 0.15) is 11.5 Å². The third-order valence-electron chi connectivity index (χ3n) is 8.94. The molecule has 2 aliphatic heterocycles. The molecule has 0 bridgehead atoms. The van der Waals surface area contributed by atoms with Gasteiger partial charge >= 0.3 is 0 Å². The van der Waals surface area contributed by atoms with Gasteiger partial charge in [0.05, 0.1) is 19.2 Å². The summed E-state index contributed by atoms with van der Waals surface area (Å²) in [6.07, 6.45) is 7.55. The van der Waals surface area contributed by atoms with E-state index in [4.69, 9.17) is 9.47 Å². The minimum absolute atomic E-state index is 0.00180. The Balaban J connectivity index is 1.12. The molecule has 2 saturated heterocycles. The normalized spacial score (nSPS) is 19.0. The van der Waals surface area contributed by atoms with Gasteiger partial charge in [-0.25, -0.2) is 0 Å². The van der Waals surface area contributed by atoms with Crippen LogP contribution in [0.2, 0.25) is 0 Å². The van der Waals surface area contributed by atoms with Gasteiger partial charge in [-0.05, 0) is 63.3 Å². The summed E-state index contributed by atoms with van der Waals surface area (Å²) >= 11 is 0. The Hall–Kier alpha value is -4.05. The van der Waals surface area contributed by atoms with Crippen LogP contribution in [0.4, 0.5) is 5.69 Å².